The Bertz CT molecular complexity index is 682. The van der Waals surface area contributed by atoms with Crippen LogP contribution in [-0.4, -0.2) is 36.9 Å². The topological polar surface area (TPSA) is 98.5 Å². The van der Waals surface area contributed by atoms with Gasteiger partial charge in [-0.3, -0.25) is 4.79 Å². The van der Waals surface area contributed by atoms with Crippen molar-refractivity contribution in [2.24, 2.45) is 5.92 Å². The third-order valence-corrected chi connectivity index (χ3v) is 5.15. The first-order valence-electron chi connectivity index (χ1n) is 6.16. The van der Waals surface area contributed by atoms with Gasteiger partial charge >= 0.3 is 5.97 Å². The molecule has 0 aromatic heterocycles. The summed E-state index contributed by atoms with van der Waals surface area (Å²) in [6, 6.07) is 5.75. The standard InChI is InChI=1S/C13H15ClN2O4S/c1-3-16(8-9(2)13(17)18)21(19,20)12-6-11(14)5-4-10(12)7-15/h4-6,9H,3,8H2,1-2H3,(H,17,18). The molecule has 0 aliphatic rings. The number of hydrogen-bond acceptors (Lipinski definition) is 4. The molecule has 0 radical (unpaired) electrons. The van der Waals surface area contributed by atoms with Gasteiger partial charge in [-0.25, -0.2) is 8.42 Å². The van der Waals surface area contributed by atoms with Crippen LogP contribution in [0.3, 0.4) is 0 Å². The first-order valence-corrected chi connectivity index (χ1v) is 7.98. The molecule has 21 heavy (non-hydrogen) atoms. The van der Waals surface area contributed by atoms with Crippen LogP contribution in [0, 0.1) is 17.2 Å². The van der Waals surface area contributed by atoms with Crippen molar-refractivity contribution in [1.29, 1.82) is 5.26 Å². The lowest BCUT2D eigenvalue weighted by Gasteiger charge is -2.22. The average Bonchev–Trinajstić information content (AvgIpc) is 2.43. The number of nitrogens with zero attached hydrogens (tertiary/aromatic N) is 2. The fourth-order valence-electron chi connectivity index (χ4n) is 1.72. The summed E-state index contributed by atoms with van der Waals surface area (Å²) in [5, 5.41) is 18.1. The first kappa shape index (κ1) is 17.4. The summed E-state index contributed by atoms with van der Waals surface area (Å²) in [5.41, 5.74) is -0.0270. The van der Waals surface area contributed by atoms with Gasteiger partial charge in [-0.1, -0.05) is 25.4 Å². The van der Waals surface area contributed by atoms with Gasteiger partial charge < -0.3 is 5.11 Å². The molecule has 0 heterocycles. The number of halogens is 1. The van der Waals surface area contributed by atoms with Crippen molar-refractivity contribution >= 4 is 27.6 Å². The molecule has 1 atom stereocenters. The Morgan fingerprint density at radius 1 is 1.52 bits per heavy atom. The van der Waals surface area contributed by atoms with Crippen molar-refractivity contribution in [3.05, 3.63) is 28.8 Å². The summed E-state index contributed by atoms with van der Waals surface area (Å²) in [5.74, 6) is -1.94. The average molecular weight is 331 g/mol. The molecule has 0 saturated heterocycles. The van der Waals surface area contributed by atoms with Gasteiger partial charge in [0.1, 0.15) is 11.0 Å². The van der Waals surface area contributed by atoms with Crippen LogP contribution < -0.4 is 0 Å². The molecule has 1 unspecified atom stereocenters. The number of aliphatic carboxylic acids is 1. The lowest BCUT2D eigenvalue weighted by Crippen LogP contribution is -2.37. The van der Waals surface area contributed by atoms with Gasteiger partial charge in [0.2, 0.25) is 10.0 Å². The van der Waals surface area contributed by atoms with Crippen LogP contribution in [0.15, 0.2) is 23.1 Å². The van der Waals surface area contributed by atoms with Gasteiger partial charge in [-0.05, 0) is 18.2 Å². The SMILES string of the molecule is CCN(CC(C)C(=O)O)S(=O)(=O)c1cc(Cl)ccc1C#N. The van der Waals surface area contributed by atoms with E-state index in [1.165, 1.54) is 25.1 Å². The molecule has 0 bridgehead atoms. The van der Waals surface area contributed by atoms with Crippen LogP contribution in [-0.2, 0) is 14.8 Å². The van der Waals surface area contributed by atoms with E-state index in [0.29, 0.717) is 0 Å². The highest BCUT2D eigenvalue weighted by molar-refractivity contribution is 7.89. The minimum absolute atomic E-state index is 0.0270. The summed E-state index contributed by atoms with van der Waals surface area (Å²) in [6.07, 6.45) is 0. The summed E-state index contributed by atoms with van der Waals surface area (Å²) >= 11 is 5.80. The van der Waals surface area contributed by atoms with E-state index >= 15 is 0 Å². The lowest BCUT2D eigenvalue weighted by atomic mass is 10.2. The smallest absolute Gasteiger partial charge is 0.307 e. The van der Waals surface area contributed by atoms with Gasteiger partial charge in [0.05, 0.1) is 11.5 Å². The van der Waals surface area contributed by atoms with Crippen molar-refractivity contribution in [2.75, 3.05) is 13.1 Å². The predicted molar refractivity (Wildman–Crippen MR) is 77.4 cm³/mol. The minimum Gasteiger partial charge on any atom is -0.481 e. The van der Waals surface area contributed by atoms with E-state index in [4.69, 9.17) is 22.0 Å². The lowest BCUT2D eigenvalue weighted by molar-refractivity contribution is -0.141. The fraction of sp³-hybridized carbons (Fsp3) is 0.385. The molecule has 114 valence electrons. The number of carboxylic acids is 1. The number of sulfonamides is 1. The second-order valence-electron chi connectivity index (χ2n) is 4.45. The van der Waals surface area contributed by atoms with E-state index in [-0.39, 0.29) is 28.6 Å². The van der Waals surface area contributed by atoms with Crippen LogP contribution in [0.5, 0.6) is 0 Å². The zero-order valence-electron chi connectivity index (χ0n) is 11.6. The molecular weight excluding hydrogens is 316 g/mol. The molecule has 1 rings (SSSR count). The van der Waals surface area contributed by atoms with E-state index in [1.807, 2.05) is 0 Å². The molecule has 1 aromatic carbocycles. The van der Waals surface area contributed by atoms with E-state index < -0.39 is 21.9 Å². The number of carbonyl (C=O) groups is 1. The number of nitriles is 1. The Balaban J connectivity index is 3.29. The Morgan fingerprint density at radius 2 is 2.14 bits per heavy atom. The molecule has 0 aliphatic carbocycles. The molecule has 0 saturated carbocycles. The zero-order valence-corrected chi connectivity index (χ0v) is 13.1. The van der Waals surface area contributed by atoms with Crippen LogP contribution in [0.1, 0.15) is 19.4 Å². The summed E-state index contributed by atoms with van der Waals surface area (Å²) in [4.78, 5) is 10.7. The fourth-order valence-corrected chi connectivity index (χ4v) is 3.66. The number of rotatable bonds is 6. The molecule has 1 aromatic rings. The minimum atomic E-state index is -3.98. The molecular formula is C13H15ClN2O4S. The third-order valence-electron chi connectivity index (χ3n) is 2.93. The molecule has 0 aliphatic heterocycles. The maximum absolute atomic E-state index is 12.6. The molecule has 0 fully saturated rings. The number of carboxylic acid groups (broad SMARTS) is 1. The Kier molecular flexibility index (Phi) is 5.72. The van der Waals surface area contributed by atoms with E-state index in [2.05, 4.69) is 0 Å². The molecule has 0 spiro atoms. The van der Waals surface area contributed by atoms with Crippen LogP contribution in [0.4, 0.5) is 0 Å². The van der Waals surface area contributed by atoms with Crippen molar-refractivity contribution in [3.63, 3.8) is 0 Å². The number of benzene rings is 1. The summed E-state index contributed by atoms with van der Waals surface area (Å²) in [7, 11) is -3.98. The maximum Gasteiger partial charge on any atom is 0.307 e. The highest BCUT2D eigenvalue weighted by atomic mass is 35.5. The second kappa shape index (κ2) is 6.89. The van der Waals surface area contributed by atoms with Gasteiger partial charge in [0, 0.05) is 18.1 Å². The normalized spacial score (nSPS) is 12.9. The van der Waals surface area contributed by atoms with Crippen molar-refractivity contribution < 1.29 is 18.3 Å². The van der Waals surface area contributed by atoms with Gasteiger partial charge in [0.25, 0.3) is 0 Å². The van der Waals surface area contributed by atoms with Crippen molar-refractivity contribution in [2.45, 2.75) is 18.7 Å². The van der Waals surface area contributed by atoms with Crippen molar-refractivity contribution in [3.8, 4) is 6.07 Å². The highest BCUT2D eigenvalue weighted by Crippen LogP contribution is 2.24. The molecule has 0 amide bonds. The first-order chi connectivity index (χ1) is 9.73. The Morgan fingerprint density at radius 3 is 2.62 bits per heavy atom. The monoisotopic (exact) mass is 330 g/mol. The highest BCUT2D eigenvalue weighted by Gasteiger charge is 2.29. The largest absolute Gasteiger partial charge is 0.481 e. The summed E-state index contributed by atoms with van der Waals surface area (Å²) in [6.45, 7) is 2.94. The second-order valence-corrected chi connectivity index (χ2v) is 6.79. The van der Waals surface area contributed by atoms with E-state index in [1.54, 1.807) is 13.0 Å². The van der Waals surface area contributed by atoms with Crippen LogP contribution >= 0.6 is 11.6 Å². The van der Waals surface area contributed by atoms with Gasteiger partial charge in [0.15, 0.2) is 0 Å². The summed E-state index contributed by atoms with van der Waals surface area (Å²) < 4.78 is 26.2. The Hall–Kier alpha value is -1.62. The van der Waals surface area contributed by atoms with Crippen molar-refractivity contribution in [1.82, 2.24) is 4.31 Å². The Labute approximate surface area is 128 Å². The van der Waals surface area contributed by atoms with E-state index in [9.17, 15) is 13.2 Å². The maximum atomic E-state index is 12.6. The molecule has 6 nitrogen and oxygen atoms in total. The van der Waals surface area contributed by atoms with Gasteiger partial charge in [-0.2, -0.15) is 9.57 Å². The predicted octanol–water partition coefficient (Wildman–Crippen LogP) is 1.94. The van der Waals surface area contributed by atoms with Crippen LogP contribution in [0.2, 0.25) is 5.02 Å². The quantitative estimate of drug-likeness (QED) is 0.859. The molecule has 1 N–H and O–H groups in total. The van der Waals surface area contributed by atoms with Gasteiger partial charge in [-0.15, -0.1) is 0 Å². The zero-order chi connectivity index (χ0) is 16.2. The third kappa shape index (κ3) is 3.94. The van der Waals surface area contributed by atoms with Crippen LogP contribution in [0.25, 0.3) is 0 Å². The number of hydrogen-bond donors (Lipinski definition) is 1. The molecule has 8 heteroatoms. The van der Waals surface area contributed by atoms with E-state index in [0.717, 1.165) is 4.31 Å².